The zero-order valence-corrected chi connectivity index (χ0v) is 15.8. The number of hydrogen-bond donors (Lipinski definition) is 2. The van der Waals surface area contributed by atoms with E-state index in [1.165, 1.54) is 12.1 Å². The second-order valence-electron chi connectivity index (χ2n) is 6.81. The second-order valence-corrected chi connectivity index (χ2v) is 6.81. The number of imidazole rings is 1. The highest BCUT2D eigenvalue weighted by atomic mass is 19.1. The molecule has 0 bridgehead atoms. The SMILES string of the molecule is Cc1ccc(-c2nc3cc(F)ccc3n2C)cc1NC(=O)CCCCC(=O)O. The molecule has 0 aliphatic carbocycles. The van der Waals surface area contributed by atoms with Gasteiger partial charge in [-0.2, -0.15) is 0 Å². The number of nitrogens with zero attached hydrogens (tertiary/aromatic N) is 2. The van der Waals surface area contributed by atoms with Crippen LogP contribution in [0.1, 0.15) is 31.2 Å². The van der Waals surface area contributed by atoms with Gasteiger partial charge < -0.3 is 15.0 Å². The highest BCUT2D eigenvalue weighted by molar-refractivity contribution is 5.92. The Morgan fingerprint density at radius 1 is 1.14 bits per heavy atom. The van der Waals surface area contributed by atoms with Gasteiger partial charge in [-0.25, -0.2) is 9.37 Å². The van der Waals surface area contributed by atoms with Crippen molar-refractivity contribution in [2.75, 3.05) is 5.32 Å². The van der Waals surface area contributed by atoms with Crippen LogP contribution in [-0.2, 0) is 16.6 Å². The Hall–Kier alpha value is -3.22. The summed E-state index contributed by atoms with van der Waals surface area (Å²) in [6, 6.07) is 10.1. The van der Waals surface area contributed by atoms with E-state index in [9.17, 15) is 14.0 Å². The van der Waals surface area contributed by atoms with Crippen molar-refractivity contribution in [3.8, 4) is 11.4 Å². The minimum Gasteiger partial charge on any atom is -0.481 e. The van der Waals surface area contributed by atoms with Crippen molar-refractivity contribution in [1.82, 2.24) is 9.55 Å². The number of amides is 1. The summed E-state index contributed by atoms with van der Waals surface area (Å²) in [7, 11) is 1.86. The van der Waals surface area contributed by atoms with E-state index in [2.05, 4.69) is 10.3 Å². The Balaban J connectivity index is 1.79. The maximum atomic E-state index is 13.5. The van der Waals surface area contributed by atoms with Gasteiger partial charge in [0.25, 0.3) is 0 Å². The van der Waals surface area contributed by atoms with Gasteiger partial charge in [-0.05, 0) is 43.5 Å². The number of hydrogen-bond acceptors (Lipinski definition) is 3. The van der Waals surface area contributed by atoms with E-state index in [0.29, 0.717) is 29.9 Å². The zero-order chi connectivity index (χ0) is 20.3. The predicted octanol–water partition coefficient (Wildman–Crippen LogP) is 4.27. The number of aliphatic carboxylic acids is 1. The Morgan fingerprint density at radius 2 is 1.89 bits per heavy atom. The maximum Gasteiger partial charge on any atom is 0.303 e. The first-order valence-electron chi connectivity index (χ1n) is 9.10. The topological polar surface area (TPSA) is 84.2 Å². The smallest absolute Gasteiger partial charge is 0.303 e. The zero-order valence-electron chi connectivity index (χ0n) is 15.8. The van der Waals surface area contributed by atoms with Crippen LogP contribution in [0.5, 0.6) is 0 Å². The molecule has 0 fully saturated rings. The molecule has 3 aromatic rings. The lowest BCUT2D eigenvalue weighted by Crippen LogP contribution is -2.12. The molecule has 0 aliphatic rings. The number of aryl methyl sites for hydroxylation is 2. The largest absolute Gasteiger partial charge is 0.481 e. The Kier molecular flexibility index (Phi) is 5.73. The van der Waals surface area contributed by atoms with Crippen molar-refractivity contribution in [2.24, 2.45) is 7.05 Å². The molecular formula is C21H22FN3O3. The lowest BCUT2D eigenvalue weighted by molar-refractivity contribution is -0.137. The molecule has 28 heavy (non-hydrogen) atoms. The number of benzene rings is 2. The van der Waals surface area contributed by atoms with Gasteiger partial charge in [-0.1, -0.05) is 12.1 Å². The Labute approximate surface area is 162 Å². The summed E-state index contributed by atoms with van der Waals surface area (Å²) in [5.41, 5.74) is 3.79. The van der Waals surface area contributed by atoms with Crippen molar-refractivity contribution in [1.29, 1.82) is 0 Å². The first kappa shape index (κ1) is 19.5. The van der Waals surface area contributed by atoms with Crippen molar-refractivity contribution >= 4 is 28.6 Å². The summed E-state index contributed by atoms with van der Waals surface area (Å²) in [6.07, 6.45) is 1.32. The first-order valence-corrected chi connectivity index (χ1v) is 9.10. The summed E-state index contributed by atoms with van der Waals surface area (Å²) in [5, 5.41) is 11.5. The van der Waals surface area contributed by atoms with Gasteiger partial charge in [-0.3, -0.25) is 9.59 Å². The third-order valence-electron chi connectivity index (χ3n) is 4.66. The monoisotopic (exact) mass is 383 g/mol. The standard InChI is InChI=1S/C21H22FN3O3/c1-13-7-8-14(11-16(13)23-19(26)5-3-4-6-20(27)28)21-24-17-12-15(22)9-10-18(17)25(21)2/h7-12H,3-6H2,1-2H3,(H,23,26)(H,27,28). The van der Waals surface area contributed by atoms with Gasteiger partial charge in [0, 0.05) is 37.2 Å². The molecule has 6 nitrogen and oxygen atoms in total. The van der Waals surface area contributed by atoms with Crippen LogP contribution in [0.4, 0.5) is 10.1 Å². The first-order chi connectivity index (χ1) is 13.3. The minimum absolute atomic E-state index is 0.0646. The summed E-state index contributed by atoms with van der Waals surface area (Å²) in [6.45, 7) is 1.90. The number of carboxylic acid groups (broad SMARTS) is 1. The van der Waals surface area contributed by atoms with Crippen molar-refractivity contribution < 1.29 is 19.1 Å². The van der Waals surface area contributed by atoms with Crippen LogP contribution >= 0.6 is 0 Å². The number of unbranched alkanes of at least 4 members (excludes halogenated alkanes) is 1. The predicted molar refractivity (Wildman–Crippen MR) is 106 cm³/mol. The number of nitrogens with one attached hydrogen (secondary N) is 1. The van der Waals surface area contributed by atoms with E-state index in [4.69, 9.17) is 5.11 Å². The molecule has 0 saturated carbocycles. The van der Waals surface area contributed by atoms with Crippen LogP contribution in [-0.4, -0.2) is 26.5 Å². The van der Waals surface area contributed by atoms with Crippen molar-refractivity contribution in [3.63, 3.8) is 0 Å². The number of carbonyl (C=O) groups excluding carboxylic acids is 1. The van der Waals surface area contributed by atoms with Gasteiger partial charge in [0.1, 0.15) is 11.6 Å². The quantitative estimate of drug-likeness (QED) is 0.597. The van der Waals surface area contributed by atoms with Crippen LogP contribution in [0, 0.1) is 12.7 Å². The van der Waals surface area contributed by atoms with Crippen molar-refractivity contribution in [3.05, 3.63) is 47.8 Å². The van der Waals surface area contributed by atoms with Gasteiger partial charge >= 0.3 is 5.97 Å². The molecule has 0 unspecified atom stereocenters. The second kappa shape index (κ2) is 8.21. The van der Waals surface area contributed by atoms with Crippen LogP contribution in [0.2, 0.25) is 0 Å². The molecule has 3 rings (SSSR count). The summed E-state index contributed by atoms with van der Waals surface area (Å²) in [4.78, 5) is 27.2. The van der Waals surface area contributed by atoms with Gasteiger partial charge in [-0.15, -0.1) is 0 Å². The minimum atomic E-state index is -0.855. The third kappa shape index (κ3) is 4.36. The average Bonchev–Trinajstić information content (AvgIpc) is 2.96. The fraction of sp³-hybridized carbons (Fsp3) is 0.286. The Morgan fingerprint density at radius 3 is 2.64 bits per heavy atom. The number of anilines is 1. The molecule has 0 atom stereocenters. The fourth-order valence-corrected chi connectivity index (χ4v) is 3.10. The maximum absolute atomic E-state index is 13.5. The van der Waals surface area contributed by atoms with Gasteiger partial charge in [0.2, 0.25) is 5.91 Å². The molecule has 0 radical (unpaired) electrons. The number of fused-ring (bicyclic) bond motifs is 1. The summed E-state index contributed by atoms with van der Waals surface area (Å²) < 4.78 is 15.4. The molecule has 0 spiro atoms. The molecule has 1 amide bonds. The van der Waals surface area contributed by atoms with Crippen LogP contribution in [0.15, 0.2) is 36.4 Å². The van der Waals surface area contributed by atoms with Crippen LogP contribution in [0.3, 0.4) is 0 Å². The molecule has 2 aromatic carbocycles. The molecule has 7 heteroatoms. The summed E-state index contributed by atoms with van der Waals surface area (Å²) >= 11 is 0. The Bertz CT molecular complexity index is 1040. The molecule has 0 saturated heterocycles. The lowest BCUT2D eigenvalue weighted by Gasteiger charge is -2.11. The summed E-state index contributed by atoms with van der Waals surface area (Å²) in [5.74, 6) is -0.668. The number of carboxylic acids is 1. The highest BCUT2D eigenvalue weighted by Gasteiger charge is 2.13. The number of rotatable bonds is 7. The van der Waals surface area contributed by atoms with E-state index >= 15 is 0 Å². The lowest BCUT2D eigenvalue weighted by atomic mass is 10.1. The average molecular weight is 383 g/mol. The van der Waals surface area contributed by atoms with E-state index in [1.807, 2.05) is 36.7 Å². The number of aromatic nitrogens is 2. The normalized spacial score (nSPS) is 11.0. The third-order valence-corrected chi connectivity index (χ3v) is 4.66. The molecular weight excluding hydrogens is 361 g/mol. The number of halogens is 1. The number of carbonyl (C=O) groups is 2. The van der Waals surface area contributed by atoms with Crippen molar-refractivity contribution in [2.45, 2.75) is 32.6 Å². The van der Waals surface area contributed by atoms with Gasteiger partial charge in [0.05, 0.1) is 11.0 Å². The molecule has 1 heterocycles. The molecule has 146 valence electrons. The molecule has 2 N–H and O–H groups in total. The van der Waals surface area contributed by atoms with E-state index in [0.717, 1.165) is 16.6 Å². The van der Waals surface area contributed by atoms with E-state index < -0.39 is 5.97 Å². The van der Waals surface area contributed by atoms with E-state index in [1.54, 1.807) is 6.07 Å². The van der Waals surface area contributed by atoms with Crippen LogP contribution < -0.4 is 5.32 Å². The molecule has 0 aliphatic heterocycles. The van der Waals surface area contributed by atoms with Gasteiger partial charge in [0.15, 0.2) is 0 Å². The fourth-order valence-electron chi connectivity index (χ4n) is 3.10. The molecule has 1 aromatic heterocycles. The van der Waals surface area contributed by atoms with E-state index in [-0.39, 0.29) is 24.6 Å². The van der Waals surface area contributed by atoms with Crippen LogP contribution in [0.25, 0.3) is 22.4 Å². The highest BCUT2D eigenvalue weighted by Crippen LogP contribution is 2.28.